The summed E-state index contributed by atoms with van der Waals surface area (Å²) in [6.07, 6.45) is 1.02. The van der Waals surface area contributed by atoms with Gasteiger partial charge in [0.05, 0.1) is 12.6 Å². The summed E-state index contributed by atoms with van der Waals surface area (Å²) < 4.78 is 4.98. The Bertz CT molecular complexity index is 708. The second-order valence-electron chi connectivity index (χ2n) is 7.12. The summed E-state index contributed by atoms with van der Waals surface area (Å²) >= 11 is 0. The number of cyclic esters (lactones) is 1. The molecule has 2 atom stereocenters. The molecule has 2 unspecified atom stereocenters. The van der Waals surface area contributed by atoms with Crippen molar-refractivity contribution in [3.63, 3.8) is 0 Å². The molecule has 26 heavy (non-hydrogen) atoms. The summed E-state index contributed by atoms with van der Waals surface area (Å²) in [5.41, 5.74) is 1.07. The molecular weight excluding hydrogens is 334 g/mol. The maximum atomic E-state index is 12.8. The first-order valence-electron chi connectivity index (χ1n) is 9.18. The number of carbonyl (C=O) groups excluding carboxylic acids is 3. The smallest absolute Gasteiger partial charge is 0.410 e. The van der Waals surface area contributed by atoms with Crippen LogP contribution in [0.1, 0.15) is 18.4 Å². The second-order valence-corrected chi connectivity index (χ2v) is 7.12. The Morgan fingerprint density at radius 2 is 1.88 bits per heavy atom. The van der Waals surface area contributed by atoms with Crippen molar-refractivity contribution < 1.29 is 19.1 Å². The van der Waals surface area contributed by atoms with Gasteiger partial charge in [0.1, 0.15) is 12.5 Å². The highest BCUT2D eigenvalue weighted by atomic mass is 16.6. The molecule has 3 heterocycles. The molecule has 0 aliphatic carbocycles. The molecule has 3 saturated heterocycles. The van der Waals surface area contributed by atoms with Crippen LogP contribution in [-0.2, 0) is 20.9 Å². The van der Waals surface area contributed by atoms with Crippen LogP contribution in [0.4, 0.5) is 4.79 Å². The van der Waals surface area contributed by atoms with Gasteiger partial charge in [-0.1, -0.05) is 30.3 Å². The highest BCUT2D eigenvalue weighted by Gasteiger charge is 2.42. The SMILES string of the molecule is O=C1C(C(=O)N2CCC(N3CCOC3=O)C2)CCN1Cc1ccccc1. The van der Waals surface area contributed by atoms with Crippen LogP contribution < -0.4 is 0 Å². The van der Waals surface area contributed by atoms with E-state index in [-0.39, 0.29) is 23.9 Å². The molecule has 3 amide bonds. The Labute approximate surface area is 152 Å². The highest BCUT2D eigenvalue weighted by Crippen LogP contribution is 2.26. The predicted molar refractivity (Wildman–Crippen MR) is 93.0 cm³/mol. The molecule has 1 aromatic rings. The number of amides is 3. The van der Waals surface area contributed by atoms with Crippen LogP contribution in [0.5, 0.6) is 0 Å². The molecule has 0 radical (unpaired) electrons. The van der Waals surface area contributed by atoms with Gasteiger partial charge in [0.2, 0.25) is 11.8 Å². The van der Waals surface area contributed by atoms with Gasteiger partial charge in [0.15, 0.2) is 0 Å². The maximum Gasteiger partial charge on any atom is 0.410 e. The molecule has 0 spiro atoms. The lowest BCUT2D eigenvalue weighted by atomic mass is 10.1. The van der Waals surface area contributed by atoms with Gasteiger partial charge in [0, 0.05) is 26.2 Å². The Hall–Kier alpha value is -2.57. The summed E-state index contributed by atoms with van der Waals surface area (Å²) in [7, 11) is 0. The summed E-state index contributed by atoms with van der Waals surface area (Å²) in [4.78, 5) is 42.4. The Kier molecular flexibility index (Phi) is 4.53. The summed E-state index contributed by atoms with van der Waals surface area (Å²) in [5, 5.41) is 0. The summed E-state index contributed by atoms with van der Waals surface area (Å²) in [5.74, 6) is -0.758. The van der Waals surface area contributed by atoms with E-state index in [0.29, 0.717) is 45.8 Å². The van der Waals surface area contributed by atoms with Crippen molar-refractivity contribution >= 4 is 17.9 Å². The Morgan fingerprint density at radius 3 is 2.62 bits per heavy atom. The standard InChI is InChI=1S/C19H23N3O4/c23-17-16(7-9-20(17)12-14-4-2-1-3-5-14)18(24)21-8-6-15(13-21)22-10-11-26-19(22)25/h1-5,15-16H,6-13H2. The van der Waals surface area contributed by atoms with E-state index in [0.717, 1.165) is 12.0 Å². The van der Waals surface area contributed by atoms with Crippen molar-refractivity contribution in [1.29, 1.82) is 0 Å². The highest BCUT2D eigenvalue weighted by molar-refractivity contribution is 6.01. The van der Waals surface area contributed by atoms with Gasteiger partial charge in [-0.15, -0.1) is 0 Å². The zero-order chi connectivity index (χ0) is 18.1. The van der Waals surface area contributed by atoms with E-state index in [2.05, 4.69) is 0 Å². The van der Waals surface area contributed by atoms with Crippen LogP contribution in [0.25, 0.3) is 0 Å². The Morgan fingerprint density at radius 1 is 1.08 bits per heavy atom. The van der Waals surface area contributed by atoms with E-state index < -0.39 is 5.92 Å². The van der Waals surface area contributed by atoms with E-state index in [1.54, 1.807) is 14.7 Å². The van der Waals surface area contributed by atoms with Gasteiger partial charge in [0.25, 0.3) is 0 Å². The zero-order valence-electron chi connectivity index (χ0n) is 14.7. The van der Waals surface area contributed by atoms with Crippen molar-refractivity contribution in [2.45, 2.75) is 25.4 Å². The molecule has 3 fully saturated rings. The van der Waals surface area contributed by atoms with E-state index in [1.807, 2.05) is 30.3 Å². The van der Waals surface area contributed by atoms with Crippen molar-refractivity contribution in [2.75, 3.05) is 32.8 Å². The van der Waals surface area contributed by atoms with Crippen molar-refractivity contribution in [2.24, 2.45) is 5.92 Å². The predicted octanol–water partition coefficient (Wildman–Crippen LogP) is 1.09. The lowest BCUT2D eigenvalue weighted by molar-refractivity contribution is -0.143. The summed E-state index contributed by atoms with van der Waals surface area (Å²) in [6, 6.07) is 9.83. The molecule has 138 valence electrons. The van der Waals surface area contributed by atoms with Crippen LogP contribution in [-0.4, -0.2) is 71.4 Å². The zero-order valence-corrected chi connectivity index (χ0v) is 14.7. The minimum absolute atomic E-state index is 0.00544. The lowest BCUT2D eigenvalue weighted by Gasteiger charge is -2.23. The lowest BCUT2D eigenvalue weighted by Crippen LogP contribution is -2.42. The fourth-order valence-corrected chi connectivity index (χ4v) is 4.08. The van der Waals surface area contributed by atoms with Gasteiger partial charge in [-0.2, -0.15) is 0 Å². The molecule has 0 saturated carbocycles. The number of hydrogen-bond donors (Lipinski definition) is 0. The van der Waals surface area contributed by atoms with Gasteiger partial charge in [-0.25, -0.2) is 4.79 Å². The number of ether oxygens (including phenoxy) is 1. The van der Waals surface area contributed by atoms with Crippen LogP contribution >= 0.6 is 0 Å². The minimum atomic E-state index is -0.581. The molecule has 0 N–H and O–H groups in total. The van der Waals surface area contributed by atoms with Crippen LogP contribution in [0, 0.1) is 5.92 Å². The topological polar surface area (TPSA) is 70.2 Å². The minimum Gasteiger partial charge on any atom is -0.448 e. The fraction of sp³-hybridized carbons (Fsp3) is 0.526. The number of rotatable bonds is 4. The van der Waals surface area contributed by atoms with E-state index in [9.17, 15) is 14.4 Å². The van der Waals surface area contributed by atoms with Crippen molar-refractivity contribution in [3.8, 4) is 0 Å². The van der Waals surface area contributed by atoms with Gasteiger partial charge in [-0.3, -0.25) is 14.5 Å². The fourth-order valence-electron chi connectivity index (χ4n) is 4.08. The van der Waals surface area contributed by atoms with Gasteiger partial charge in [-0.05, 0) is 18.4 Å². The molecule has 0 bridgehead atoms. The molecule has 7 heteroatoms. The first kappa shape index (κ1) is 16.9. The van der Waals surface area contributed by atoms with Crippen LogP contribution in [0.3, 0.4) is 0 Å². The first-order valence-corrected chi connectivity index (χ1v) is 9.18. The molecule has 7 nitrogen and oxygen atoms in total. The largest absolute Gasteiger partial charge is 0.448 e. The number of carbonyl (C=O) groups is 3. The van der Waals surface area contributed by atoms with Crippen LogP contribution in [0.15, 0.2) is 30.3 Å². The normalized spacial score (nSPS) is 25.9. The van der Waals surface area contributed by atoms with E-state index in [1.165, 1.54) is 0 Å². The average molecular weight is 357 g/mol. The van der Waals surface area contributed by atoms with E-state index in [4.69, 9.17) is 4.74 Å². The quantitative estimate of drug-likeness (QED) is 0.757. The molecule has 3 aliphatic heterocycles. The number of benzene rings is 1. The third-order valence-electron chi connectivity index (χ3n) is 5.52. The van der Waals surface area contributed by atoms with E-state index >= 15 is 0 Å². The average Bonchev–Trinajstić information content (AvgIpc) is 3.37. The third-order valence-corrected chi connectivity index (χ3v) is 5.52. The van der Waals surface area contributed by atoms with Gasteiger partial charge >= 0.3 is 6.09 Å². The van der Waals surface area contributed by atoms with Crippen molar-refractivity contribution in [3.05, 3.63) is 35.9 Å². The summed E-state index contributed by atoms with van der Waals surface area (Å²) in [6.45, 7) is 3.25. The molecule has 4 rings (SSSR count). The molecule has 1 aromatic carbocycles. The first-order chi connectivity index (χ1) is 12.6. The monoisotopic (exact) mass is 357 g/mol. The van der Waals surface area contributed by atoms with Crippen LogP contribution in [0.2, 0.25) is 0 Å². The number of nitrogens with zero attached hydrogens (tertiary/aromatic N) is 3. The molecule has 3 aliphatic rings. The second kappa shape index (κ2) is 6.97. The Balaban J connectivity index is 1.35. The molecular formula is C19H23N3O4. The van der Waals surface area contributed by atoms with Crippen molar-refractivity contribution in [1.82, 2.24) is 14.7 Å². The third kappa shape index (κ3) is 3.13. The maximum absolute atomic E-state index is 12.8. The van der Waals surface area contributed by atoms with Gasteiger partial charge < -0.3 is 14.5 Å². The number of likely N-dealkylation sites (tertiary alicyclic amines) is 2. The number of hydrogen-bond acceptors (Lipinski definition) is 4. The molecule has 0 aromatic heterocycles.